The van der Waals surface area contributed by atoms with Crippen LogP contribution in [-0.2, 0) is 10.0 Å². The number of nitrogens with zero attached hydrogens (tertiary/aromatic N) is 2. The molecule has 1 saturated heterocycles. The highest BCUT2D eigenvalue weighted by molar-refractivity contribution is 7.89. The van der Waals surface area contributed by atoms with Gasteiger partial charge >= 0.3 is 0 Å². The molecule has 2 unspecified atom stereocenters. The summed E-state index contributed by atoms with van der Waals surface area (Å²) >= 11 is 0. The van der Waals surface area contributed by atoms with Crippen molar-refractivity contribution in [1.82, 2.24) is 14.5 Å². The predicted octanol–water partition coefficient (Wildman–Crippen LogP) is 0.165. The fourth-order valence-corrected chi connectivity index (χ4v) is 4.54. The lowest BCUT2D eigenvalue weighted by atomic mass is 10.1. The summed E-state index contributed by atoms with van der Waals surface area (Å²) < 4.78 is 26.2. The van der Waals surface area contributed by atoms with E-state index in [1.165, 1.54) is 6.20 Å². The van der Waals surface area contributed by atoms with Crippen molar-refractivity contribution in [2.45, 2.75) is 30.2 Å². The number of hydrogen-bond donors (Lipinski definition) is 2. The van der Waals surface area contributed by atoms with Gasteiger partial charge in [-0.25, -0.2) is 8.42 Å². The van der Waals surface area contributed by atoms with E-state index in [4.69, 9.17) is 5.73 Å². The van der Waals surface area contributed by atoms with Crippen LogP contribution in [0.15, 0.2) is 11.1 Å². The van der Waals surface area contributed by atoms with Gasteiger partial charge in [0.2, 0.25) is 10.0 Å². The molecule has 2 fully saturated rings. The quantitative estimate of drug-likeness (QED) is 0.773. The standard InChI is InChI=1S/C9H14N4O2S/c10-9-8(4-11-12-9)16(14,15)13-5-6-1-2-7(13)3-6/h4,6-7H,1-3,5H2,(H3,10,11,12). The smallest absolute Gasteiger partial charge is 0.248 e. The molecule has 7 heteroatoms. The number of H-pyrrole nitrogens is 1. The fraction of sp³-hybridized carbons (Fsp3) is 0.667. The first-order valence-electron chi connectivity index (χ1n) is 5.39. The lowest BCUT2D eigenvalue weighted by Gasteiger charge is -2.25. The average Bonchev–Trinajstić information content (AvgIpc) is 2.91. The van der Waals surface area contributed by atoms with Gasteiger partial charge in [0.1, 0.15) is 10.7 Å². The summed E-state index contributed by atoms with van der Waals surface area (Å²) in [6.07, 6.45) is 4.41. The average molecular weight is 242 g/mol. The number of piperidine rings is 1. The second-order valence-corrected chi connectivity index (χ2v) is 6.41. The molecule has 0 aromatic carbocycles. The van der Waals surface area contributed by atoms with Crippen LogP contribution in [0.4, 0.5) is 5.82 Å². The van der Waals surface area contributed by atoms with E-state index in [0.29, 0.717) is 12.5 Å². The van der Waals surface area contributed by atoms with Gasteiger partial charge in [-0.2, -0.15) is 9.40 Å². The molecule has 1 saturated carbocycles. The summed E-state index contributed by atoms with van der Waals surface area (Å²) in [5, 5.41) is 6.13. The van der Waals surface area contributed by atoms with E-state index in [0.717, 1.165) is 19.3 Å². The van der Waals surface area contributed by atoms with E-state index >= 15 is 0 Å². The van der Waals surface area contributed by atoms with Crippen LogP contribution in [0, 0.1) is 5.92 Å². The molecule has 1 aliphatic carbocycles. The second kappa shape index (κ2) is 3.21. The van der Waals surface area contributed by atoms with Crippen molar-refractivity contribution in [2.24, 2.45) is 5.92 Å². The van der Waals surface area contributed by atoms with Crippen molar-refractivity contribution in [3.05, 3.63) is 6.20 Å². The van der Waals surface area contributed by atoms with Crippen LogP contribution in [0.3, 0.4) is 0 Å². The SMILES string of the molecule is Nc1[nH]ncc1S(=O)(=O)N1CC2CCC1C2. The van der Waals surface area contributed by atoms with E-state index < -0.39 is 10.0 Å². The molecule has 2 heterocycles. The lowest BCUT2D eigenvalue weighted by molar-refractivity contribution is 0.333. The normalized spacial score (nSPS) is 30.0. The Balaban J connectivity index is 1.98. The minimum Gasteiger partial charge on any atom is -0.383 e. The van der Waals surface area contributed by atoms with Crippen molar-refractivity contribution in [1.29, 1.82) is 0 Å². The second-order valence-electron chi connectivity index (χ2n) is 4.56. The molecule has 1 aromatic heterocycles. The van der Waals surface area contributed by atoms with Crippen LogP contribution in [0.5, 0.6) is 0 Å². The molecule has 2 bridgehead atoms. The first-order chi connectivity index (χ1) is 7.59. The lowest BCUT2D eigenvalue weighted by Crippen LogP contribution is -2.37. The van der Waals surface area contributed by atoms with E-state index in [-0.39, 0.29) is 16.8 Å². The Kier molecular flexibility index (Phi) is 2.02. The Morgan fingerprint density at radius 2 is 2.31 bits per heavy atom. The molecule has 0 radical (unpaired) electrons. The van der Waals surface area contributed by atoms with Crippen molar-refractivity contribution < 1.29 is 8.42 Å². The zero-order valence-corrected chi connectivity index (χ0v) is 9.57. The number of nitrogen functional groups attached to an aromatic ring is 1. The first kappa shape index (κ1) is 10.1. The minimum absolute atomic E-state index is 0.111. The molecule has 0 amide bonds. The highest BCUT2D eigenvalue weighted by Crippen LogP contribution is 2.40. The molecule has 88 valence electrons. The van der Waals surface area contributed by atoms with Crippen LogP contribution in [0.2, 0.25) is 0 Å². The van der Waals surface area contributed by atoms with Crippen LogP contribution in [0.25, 0.3) is 0 Å². The van der Waals surface area contributed by atoms with E-state index in [2.05, 4.69) is 10.2 Å². The van der Waals surface area contributed by atoms with Crippen molar-refractivity contribution in [2.75, 3.05) is 12.3 Å². The third kappa shape index (κ3) is 1.28. The maximum absolute atomic E-state index is 12.3. The summed E-state index contributed by atoms with van der Waals surface area (Å²) in [6, 6.07) is 0.171. The van der Waals surface area contributed by atoms with Gasteiger partial charge in [0.05, 0.1) is 6.20 Å². The molecular formula is C9H14N4O2S. The largest absolute Gasteiger partial charge is 0.383 e. The number of anilines is 1. The van der Waals surface area contributed by atoms with Gasteiger partial charge in [-0.3, -0.25) is 5.10 Å². The Hall–Kier alpha value is -1.08. The maximum Gasteiger partial charge on any atom is 0.248 e. The molecule has 3 rings (SSSR count). The summed E-state index contributed by atoms with van der Waals surface area (Å²) in [4.78, 5) is 0.111. The number of aromatic amines is 1. The van der Waals surface area contributed by atoms with Crippen LogP contribution in [-0.4, -0.2) is 35.5 Å². The highest BCUT2D eigenvalue weighted by atomic mass is 32.2. The molecule has 3 N–H and O–H groups in total. The Bertz CT molecular complexity index is 509. The number of nitrogens with two attached hydrogens (primary N) is 1. The first-order valence-corrected chi connectivity index (χ1v) is 6.83. The minimum atomic E-state index is -3.44. The molecule has 2 aliphatic rings. The predicted molar refractivity (Wildman–Crippen MR) is 58.0 cm³/mol. The number of nitrogens with one attached hydrogen (secondary N) is 1. The van der Waals surface area contributed by atoms with E-state index in [9.17, 15) is 8.42 Å². The number of sulfonamides is 1. The van der Waals surface area contributed by atoms with E-state index in [1.807, 2.05) is 0 Å². The number of rotatable bonds is 2. The Labute approximate surface area is 93.9 Å². The summed E-state index contributed by atoms with van der Waals surface area (Å²) in [5.41, 5.74) is 5.57. The van der Waals surface area contributed by atoms with Gasteiger partial charge in [-0.1, -0.05) is 0 Å². The highest BCUT2D eigenvalue weighted by Gasteiger charge is 2.45. The fourth-order valence-electron chi connectivity index (χ4n) is 2.79. The Morgan fingerprint density at radius 1 is 1.50 bits per heavy atom. The van der Waals surface area contributed by atoms with Crippen molar-refractivity contribution in [3.63, 3.8) is 0 Å². The van der Waals surface area contributed by atoms with Gasteiger partial charge < -0.3 is 5.73 Å². The molecule has 1 aromatic rings. The van der Waals surface area contributed by atoms with Gasteiger partial charge in [0.15, 0.2) is 0 Å². The van der Waals surface area contributed by atoms with E-state index in [1.54, 1.807) is 4.31 Å². The van der Waals surface area contributed by atoms with Crippen LogP contribution >= 0.6 is 0 Å². The number of aromatic nitrogens is 2. The molecule has 2 atom stereocenters. The molecule has 0 spiro atoms. The zero-order chi connectivity index (χ0) is 11.3. The summed E-state index contributed by atoms with van der Waals surface area (Å²) in [5.74, 6) is 0.663. The summed E-state index contributed by atoms with van der Waals surface area (Å²) in [7, 11) is -3.44. The van der Waals surface area contributed by atoms with Crippen LogP contribution in [0.1, 0.15) is 19.3 Å². The molecule has 16 heavy (non-hydrogen) atoms. The van der Waals surface area contributed by atoms with Crippen molar-refractivity contribution in [3.8, 4) is 0 Å². The molecule has 1 aliphatic heterocycles. The van der Waals surface area contributed by atoms with Gasteiger partial charge in [0, 0.05) is 12.6 Å². The third-order valence-electron chi connectivity index (χ3n) is 3.58. The maximum atomic E-state index is 12.3. The molecular weight excluding hydrogens is 228 g/mol. The van der Waals surface area contributed by atoms with Gasteiger partial charge in [0.25, 0.3) is 0 Å². The van der Waals surface area contributed by atoms with Crippen LogP contribution < -0.4 is 5.73 Å². The topological polar surface area (TPSA) is 92.1 Å². The Morgan fingerprint density at radius 3 is 2.81 bits per heavy atom. The third-order valence-corrected chi connectivity index (χ3v) is 5.52. The zero-order valence-electron chi connectivity index (χ0n) is 8.76. The monoisotopic (exact) mass is 242 g/mol. The van der Waals surface area contributed by atoms with Gasteiger partial charge in [-0.15, -0.1) is 0 Å². The van der Waals surface area contributed by atoms with Crippen molar-refractivity contribution >= 4 is 15.8 Å². The molecule has 6 nitrogen and oxygen atoms in total. The number of hydrogen-bond acceptors (Lipinski definition) is 4. The summed E-state index contributed by atoms with van der Waals surface area (Å²) in [6.45, 7) is 0.637. The number of fused-ring (bicyclic) bond motifs is 2. The van der Waals surface area contributed by atoms with Gasteiger partial charge in [-0.05, 0) is 25.2 Å².